The molecule has 1 N–H and O–H groups in total. The van der Waals surface area contributed by atoms with Crippen LogP contribution in [0.3, 0.4) is 0 Å². The standard InChI is InChI=1S/C15H33N3O/c1-5-18-9-6-7-15(13-18)14(2)16-8-11-19-12-10-17(3)4/h14-16H,5-13H2,1-4H3. The van der Waals surface area contributed by atoms with E-state index < -0.39 is 0 Å². The molecule has 0 amide bonds. The first-order valence-corrected chi connectivity index (χ1v) is 7.81. The lowest BCUT2D eigenvalue weighted by molar-refractivity contribution is 0.110. The van der Waals surface area contributed by atoms with Crippen LogP contribution in [-0.4, -0.2) is 75.9 Å². The molecule has 0 saturated carbocycles. The third-order valence-electron chi connectivity index (χ3n) is 4.09. The van der Waals surface area contributed by atoms with Gasteiger partial charge in [0.05, 0.1) is 13.2 Å². The fourth-order valence-corrected chi connectivity index (χ4v) is 2.66. The Morgan fingerprint density at radius 2 is 2.16 bits per heavy atom. The Morgan fingerprint density at radius 3 is 2.84 bits per heavy atom. The number of ether oxygens (including phenoxy) is 1. The van der Waals surface area contributed by atoms with Crippen LogP contribution < -0.4 is 5.32 Å². The second-order valence-corrected chi connectivity index (χ2v) is 5.95. The topological polar surface area (TPSA) is 27.7 Å². The molecule has 4 heteroatoms. The molecule has 114 valence electrons. The summed E-state index contributed by atoms with van der Waals surface area (Å²) in [6.45, 7) is 11.9. The van der Waals surface area contributed by atoms with Gasteiger partial charge in [-0.1, -0.05) is 6.92 Å². The van der Waals surface area contributed by atoms with Crippen LogP contribution in [0, 0.1) is 5.92 Å². The second-order valence-electron chi connectivity index (χ2n) is 5.95. The van der Waals surface area contributed by atoms with Gasteiger partial charge < -0.3 is 19.9 Å². The van der Waals surface area contributed by atoms with Crippen LogP contribution in [-0.2, 0) is 4.74 Å². The van der Waals surface area contributed by atoms with Crippen molar-refractivity contribution in [3.05, 3.63) is 0 Å². The van der Waals surface area contributed by atoms with Gasteiger partial charge in [-0.3, -0.25) is 0 Å². The summed E-state index contributed by atoms with van der Waals surface area (Å²) in [5.74, 6) is 0.801. The number of nitrogens with one attached hydrogen (secondary N) is 1. The van der Waals surface area contributed by atoms with Crippen molar-refractivity contribution < 1.29 is 4.74 Å². The summed E-state index contributed by atoms with van der Waals surface area (Å²) in [5, 5.41) is 3.62. The normalized spacial score (nSPS) is 22.9. The van der Waals surface area contributed by atoms with Crippen molar-refractivity contribution in [2.45, 2.75) is 32.7 Å². The minimum atomic E-state index is 0.604. The maximum atomic E-state index is 5.61. The van der Waals surface area contributed by atoms with E-state index in [1.165, 1.54) is 32.5 Å². The van der Waals surface area contributed by atoms with E-state index in [1.807, 2.05) is 0 Å². The molecule has 0 radical (unpaired) electrons. The van der Waals surface area contributed by atoms with Crippen LogP contribution >= 0.6 is 0 Å². The first-order chi connectivity index (χ1) is 9.13. The number of hydrogen-bond acceptors (Lipinski definition) is 4. The zero-order valence-corrected chi connectivity index (χ0v) is 13.3. The Balaban J connectivity index is 2.05. The maximum Gasteiger partial charge on any atom is 0.0593 e. The molecular weight excluding hydrogens is 238 g/mol. The molecule has 1 aliphatic heterocycles. The lowest BCUT2D eigenvalue weighted by Gasteiger charge is -2.35. The van der Waals surface area contributed by atoms with Gasteiger partial charge in [-0.05, 0) is 52.9 Å². The number of likely N-dealkylation sites (N-methyl/N-ethyl adjacent to an activating group) is 1. The molecule has 4 nitrogen and oxygen atoms in total. The Hall–Kier alpha value is -0.160. The number of hydrogen-bond donors (Lipinski definition) is 1. The van der Waals surface area contributed by atoms with Gasteiger partial charge in [-0.25, -0.2) is 0 Å². The monoisotopic (exact) mass is 271 g/mol. The molecule has 1 aliphatic rings. The van der Waals surface area contributed by atoms with Crippen molar-refractivity contribution in [3.63, 3.8) is 0 Å². The highest BCUT2D eigenvalue weighted by atomic mass is 16.5. The summed E-state index contributed by atoms with van der Waals surface area (Å²) >= 11 is 0. The van der Waals surface area contributed by atoms with Gasteiger partial charge in [0.15, 0.2) is 0 Å². The number of rotatable bonds is 9. The molecule has 0 aliphatic carbocycles. The Kier molecular flexibility index (Phi) is 8.62. The zero-order chi connectivity index (χ0) is 14.1. The van der Waals surface area contributed by atoms with Gasteiger partial charge in [-0.2, -0.15) is 0 Å². The summed E-state index contributed by atoms with van der Waals surface area (Å²) in [6.07, 6.45) is 2.72. The predicted octanol–water partition coefficient (Wildman–Crippen LogP) is 1.27. The van der Waals surface area contributed by atoms with Crippen LogP contribution in [0.5, 0.6) is 0 Å². The predicted molar refractivity (Wildman–Crippen MR) is 81.7 cm³/mol. The van der Waals surface area contributed by atoms with E-state index in [0.717, 1.165) is 32.2 Å². The first kappa shape index (κ1) is 16.9. The molecule has 0 spiro atoms. The van der Waals surface area contributed by atoms with E-state index >= 15 is 0 Å². The molecule has 0 aromatic heterocycles. The summed E-state index contributed by atoms with van der Waals surface area (Å²) in [7, 11) is 4.15. The van der Waals surface area contributed by atoms with Gasteiger partial charge in [0.2, 0.25) is 0 Å². The Labute approximate surface area is 119 Å². The highest BCUT2D eigenvalue weighted by Gasteiger charge is 2.23. The molecule has 0 aromatic rings. The zero-order valence-electron chi connectivity index (χ0n) is 13.3. The highest BCUT2D eigenvalue weighted by Crippen LogP contribution is 2.19. The summed E-state index contributed by atoms with van der Waals surface area (Å²) < 4.78 is 5.61. The largest absolute Gasteiger partial charge is 0.379 e. The molecule has 1 saturated heterocycles. The summed E-state index contributed by atoms with van der Waals surface area (Å²) in [4.78, 5) is 4.72. The van der Waals surface area contributed by atoms with Crippen molar-refractivity contribution >= 4 is 0 Å². The molecular formula is C15H33N3O. The average Bonchev–Trinajstić information content (AvgIpc) is 2.42. The molecule has 1 rings (SSSR count). The molecule has 2 unspecified atom stereocenters. The third-order valence-corrected chi connectivity index (χ3v) is 4.09. The Bertz CT molecular complexity index is 223. The lowest BCUT2D eigenvalue weighted by Crippen LogP contribution is -2.45. The molecule has 2 atom stereocenters. The third kappa shape index (κ3) is 7.25. The van der Waals surface area contributed by atoms with Crippen molar-refractivity contribution in [2.75, 3.05) is 60.0 Å². The summed E-state index contributed by atoms with van der Waals surface area (Å²) in [6, 6.07) is 0.604. The van der Waals surface area contributed by atoms with Crippen LogP contribution in [0.15, 0.2) is 0 Å². The smallest absolute Gasteiger partial charge is 0.0593 e. The van der Waals surface area contributed by atoms with Crippen LogP contribution in [0.25, 0.3) is 0 Å². The van der Waals surface area contributed by atoms with E-state index in [1.54, 1.807) is 0 Å². The minimum absolute atomic E-state index is 0.604. The van der Waals surface area contributed by atoms with Crippen LogP contribution in [0.4, 0.5) is 0 Å². The van der Waals surface area contributed by atoms with E-state index in [4.69, 9.17) is 4.74 Å². The number of likely N-dealkylation sites (tertiary alicyclic amines) is 1. The van der Waals surface area contributed by atoms with E-state index in [2.05, 4.69) is 43.1 Å². The van der Waals surface area contributed by atoms with E-state index in [0.29, 0.717) is 6.04 Å². The van der Waals surface area contributed by atoms with Crippen molar-refractivity contribution in [1.82, 2.24) is 15.1 Å². The summed E-state index contributed by atoms with van der Waals surface area (Å²) in [5.41, 5.74) is 0. The van der Waals surface area contributed by atoms with Gasteiger partial charge in [0.25, 0.3) is 0 Å². The fourth-order valence-electron chi connectivity index (χ4n) is 2.66. The highest BCUT2D eigenvalue weighted by molar-refractivity contribution is 4.79. The number of piperidine rings is 1. The van der Waals surface area contributed by atoms with Crippen LogP contribution in [0.2, 0.25) is 0 Å². The van der Waals surface area contributed by atoms with Gasteiger partial charge >= 0.3 is 0 Å². The molecule has 1 fully saturated rings. The maximum absolute atomic E-state index is 5.61. The first-order valence-electron chi connectivity index (χ1n) is 7.81. The minimum Gasteiger partial charge on any atom is -0.379 e. The lowest BCUT2D eigenvalue weighted by atomic mass is 9.91. The van der Waals surface area contributed by atoms with Crippen molar-refractivity contribution in [2.24, 2.45) is 5.92 Å². The van der Waals surface area contributed by atoms with Gasteiger partial charge in [0.1, 0.15) is 0 Å². The van der Waals surface area contributed by atoms with E-state index in [9.17, 15) is 0 Å². The van der Waals surface area contributed by atoms with Crippen molar-refractivity contribution in [1.29, 1.82) is 0 Å². The molecule has 19 heavy (non-hydrogen) atoms. The second kappa shape index (κ2) is 9.70. The molecule has 0 aromatic carbocycles. The number of nitrogens with zero attached hydrogens (tertiary/aromatic N) is 2. The van der Waals surface area contributed by atoms with Gasteiger partial charge in [-0.15, -0.1) is 0 Å². The average molecular weight is 271 g/mol. The Morgan fingerprint density at radius 1 is 1.37 bits per heavy atom. The fraction of sp³-hybridized carbons (Fsp3) is 1.00. The molecule has 0 bridgehead atoms. The van der Waals surface area contributed by atoms with Crippen LogP contribution in [0.1, 0.15) is 26.7 Å². The van der Waals surface area contributed by atoms with Gasteiger partial charge in [0, 0.05) is 25.7 Å². The quantitative estimate of drug-likeness (QED) is 0.639. The molecule has 1 heterocycles. The van der Waals surface area contributed by atoms with Crippen molar-refractivity contribution in [3.8, 4) is 0 Å². The van der Waals surface area contributed by atoms with E-state index in [-0.39, 0.29) is 0 Å². The SMILES string of the molecule is CCN1CCCC(C(C)NCCOCCN(C)C)C1.